The van der Waals surface area contributed by atoms with Crippen LogP contribution in [0.4, 0.5) is 5.69 Å². The van der Waals surface area contributed by atoms with Crippen LogP contribution < -0.4 is 10.0 Å². The first-order valence-electron chi connectivity index (χ1n) is 7.08. The second kappa shape index (κ2) is 6.93. The molecule has 2 rings (SSSR count). The molecule has 23 heavy (non-hydrogen) atoms. The lowest BCUT2D eigenvalue weighted by Gasteiger charge is -2.07. The van der Waals surface area contributed by atoms with Crippen LogP contribution in [-0.2, 0) is 14.8 Å². The van der Waals surface area contributed by atoms with E-state index < -0.39 is 10.0 Å². The summed E-state index contributed by atoms with van der Waals surface area (Å²) in [5, 5.41) is 6.32. The van der Waals surface area contributed by atoms with Crippen molar-refractivity contribution >= 4 is 21.6 Å². The highest BCUT2D eigenvalue weighted by Gasteiger charge is 2.23. The van der Waals surface area contributed by atoms with E-state index in [2.05, 4.69) is 15.2 Å². The zero-order valence-corrected chi connectivity index (χ0v) is 14.0. The molecule has 0 fully saturated rings. The molecule has 0 atom stereocenters. The average molecular weight is 337 g/mol. The van der Waals surface area contributed by atoms with Crippen molar-refractivity contribution in [2.75, 3.05) is 11.9 Å². The molecule has 124 valence electrons. The van der Waals surface area contributed by atoms with E-state index in [1.807, 2.05) is 19.1 Å². The van der Waals surface area contributed by atoms with E-state index in [0.29, 0.717) is 11.4 Å². The smallest absolute Gasteiger partial charge is 0.245 e. The molecule has 2 N–H and O–H groups in total. The molecule has 0 radical (unpaired) electrons. The van der Waals surface area contributed by atoms with Crippen molar-refractivity contribution in [3.63, 3.8) is 0 Å². The second-order valence-electron chi connectivity index (χ2n) is 5.22. The Hall–Kier alpha value is -2.19. The highest BCUT2D eigenvalue weighted by molar-refractivity contribution is 7.89. The molecule has 0 aliphatic heterocycles. The van der Waals surface area contributed by atoms with Crippen molar-refractivity contribution in [2.45, 2.75) is 32.1 Å². The molecule has 0 aliphatic carbocycles. The fourth-order valence-corrected chi connectivity index (χ4v) is 3.45. The lowest BCUT2D eigenvalue weighted by atomic mass is 10.2. The summed E-state index contributed by atoms with van der Waals surface area (Å²) in [5.41, 5.74) is 2.06. The number of carbonyl (C=O) groups is 1. The van der Waals surface area contributed by atoms with Gasteiger partial charge in [0.05, 0.1) is 0 Å². The number of benzene rings is 1. The van der Waals surface area contributed by atoms with Gasteiger partial charge in [0.15, 0.2) is 5.76 Å². The molecule has 0 spiro atoms. The van der Waals surface area contributed by atoms with Gasteiger partial charge < -0.3 is 9.84 Å². The Bertz CT molecular complexity index is 775. The van der Waals surface area contributed by atoms with Crippen LogP contribution in [0.3, 0.4) is 0 Å². The summed E-state index contributed by atoms with van der Waals surface area (Å²) in [7, 11) is -3.74. The number of sulfonamides is 1. The summed E-state index contributed by atoms with van der Waals surface area (Å²) in [6.07, 6.45) is 0.0243. The number of aromatic nitrogens is 1. The summed E-state index contributed by atoms with van der Waals surface area (Å²) in [6, 6.07) is 7.36. The molecule has 1 heterocycles. The van der Waals surface area contributed by atoms with Crippen LogP contribution >= 0.6 is 0 Å². The molecular weight excluding hydrogens is 318 g/mol. The Kier molecular flexibility index (Phi) is 5.17. The topological polar surface area (TPSA) is 101 Å². The number of nitrogens with zero attached hydrogens (tertiary/aromatic N) is 1. The molecule has 0 aliphatic rings. The SMILES string of the molecule is Cc1ccc(NC(=O)CCNS(=O)(=O)c2c(C)noc2C)cc1. The third-order valence-electron chi connectivity index (χ3n) is 3.22. The number of hydrogen-bond donors (Lipinski definition) is 2. The molecule has 1 aromatic carbocycles. The minimum absolute atomic E-state index is 0.00983. The first-order valence-corrected chi connectivity index (χ1v) is 8.57. The van der Waals surface area contributed by atoms with Gasteiger partial charge in [0.1, 0.15) is 10.6 Å². The van der Waals surface area contributed by atoms with Gasteiger partial charge in [0.2, 0.25) is 15.9 Å². The second-order valence-corrected chi connectivity index (χ2v) is 6.92. The van der Waals surface area contributed by atoms with E-state index >= 15 is 0 Å². The van der Waals surface area contributed by atoms with Crippen molar-refractivity contribution in [3.8, 4) is 0 Å². The highest BCUT2D eigenvalue weighted by atomic mass is 32.2. The van der Waals surface area contributed by atoms with Crippen molar-refractivity contribution < 1.29 is 17.7 Å². The van der Waals surface area contributed by atoms with E-state index in [9.17, 15) is 13.2 Å². The van der Waals surface area contributed by atoms with Crippen LogP contribution in [-0.4, -0.2) is 26.0 Å². The van der Waals surface area contributed by atoms with Crippen LogP contribution in [0, 0.1) is 20.8 Å². The fourth-order valence-electron chi connectivity index (χ4n) is 2.09. The Labute approximate surface area is 135 Å². The van der Waals surface area contributed by atoms with E-state index in [1.165, 1.54) is 6.92 Å². The molecule has 1 amide bonds. The summed E-state index contributed by atoms with van der Waals surface area (Å²) in [6.45, 7) is 5.02. The highest BCUT2D eigenvalue weighted by Crippen LogP contribution is 2.18. The number of aryl methyl sites for hydroxylation is 3. The van der Waals surface area contributed by atoms with E-state index in [4.69, 9.17) is 4.52 Å². The van der Waals surface area contributed by atoms with Gasteiger partial charge in [-0.2, -0.15) is 0 Å². The average Bonchev–Trinajstić information content (AvgIpc) is 2.81. The van der Waals surface area contributed by atoms with Crippen LogP contribution in [0.1, 0.15) is 23.4 Å². The Balaban J connectivity index is 1.89. The number of rotatable bonds is 6. The molecule has 0 bridgehead atoms. The largest absolute Gasteiger partial charge is 0.360 e. The zero-order chi connectivity index (χ0) is 17.0. The maximum atomic E-state index is 12.2. The van der Waals surface area contributed by atoms with Gasteiger partial charge >= 0.3 is 0 Å². The first kappa shape index (κ1) is 17.2. The Morgan fingerprint density at radius 1 is 1.17 bits per heavy atom. The lowest BCUT2D eigenvalue weighted by molar-refractivity contribution is -0.116. The third kappa shape index (κ3) is 4.40. The number of anilines is 1. The standard InChI is InChI=1S/C15H19N3O4S/c1-10-4-6-13(7-5-10)17-14(19)8-9-16-23(20,21)15-11(2)18-22-12(15)3/h4-7,16H,8-9H2,1-3H3,(H,17,19). The van der Waals surface area contributed by atoms with Gasteiger partial charge in [0.25, 0.3) is 0 Å². The predicted octanol–water partition coefficient (Wildman–Crippen LogP) is 1.91. The van der Waals surface area contributed by atoms with Crippen LogP contribution in [0.15, 0.2) is 33.7 Å². The molecule has 2 aromatic rings. The molecule has 7 nitrogen and oxygen atoms in total. The number of amides is 1. The summed E-state index contributed by atoms with van der Waals surface area (Å²) >= 11 is 0. The van der Waals surface area contributed by atoms with Gasteiger partial charge in [-0.15, -0.1) is 0 Å². The fraction of sp³-hybridized carbons (Fsp3) is 0.333. The summed E-state index contributed by atoms with van der Waals surface area (Å²) in [5.74, 6) is -0.0468. The van der Waals surface area contributed by atoms with Crippen molar-refractivity contribution in [3.05, 3.63) is 41.3 Å². The normalized spacial score (nSPS) is 11.4. The molecular formula is C15H19N3O4S. The van der Waals surface area contributed by atoms with Crippen molar-refractivity contribution in [1.29, 1.82) is 0 Å². The van der Waals surface area contributed by atoms with Gasteiger partial charge in [-0.3, -0.25) is 4.79 Å². The van der Waals surface area contributed by atoms with Gasteiger partial charge in [-0.05, 0) is 32.9 Å². The van der Waals surface area contributed by atoms with Gasteiger partial charge in [-0.1, -0.05) is 22.9 Å². The van der Waals surface area contributed by atoms with Crippen LogP contribution in [0.25, 0.3) is 0 Å². The maximum absolute atomic E-state index is 12.2. The molecule has 0 saturated heterocycles. The number of nitrogens with one attached hydrogen (secondary N) is 2. The van der Waals surface area contributed by atoms with Crippen molar-refractivity contribution in [1.82, 2.24) is 9.88 Å². The van der Waals surface area contributed by atoms with E-state index in [0.717, 1.165) is 5.56 Å². The molecule has 1 aromatic heterocycles. The maximum Gasteiger partial charge on any atom is 0.245 e. The number of carbonyl (C=O) groups excluding carboxylic acids is 1. The zero-order valence-electron chi connectivity index (χ0n) is 13.2. The minimum atomic E-state index is -3.74. The monoisotopic (exact) mass is 337 g/mol. The van der Waals surface area contributed by atoms with Crippen LogP contribution in [0.2, 0.25) is 0 Å². The van der Waals surface area contributed by atoms with Gasteiger partial charge in [0, 0.05) is 18.7 Å². The van der Waals surface area contributed by atoms with E-state index in [-0.39, 0.29) is 29.5 Å². The predicted molar refractivity (Wildman–Crippen MR) is 85.6 cm³/mol. The van der Waals surface area contributed by atoms with Crippen LogP contribution in [0.5, 0.6) is 0 Å². The quantitative estimate of drug-likeness (QED) is 0.838. The first-order chi connectivity index (χ1) is 10.8. The van der Waals surface area contributed by atoms with Crippen molar-refractivity contribution in [2.24, 2.45) is 0 Å². The molecule has 0 saturated carbocycles. The summed E-state index contributed by atoms with van der Waals surface area (Å²) < 4.78 is 31.6. The number of hydrogen-bond acceptors (Lipinski definition) is 5. The summed E-state index contributed by atoms with van der Waals surface area (Å²) in [4.78, 5) is 11.9. The molecule has 0 unspecified atom stereocenters. The van der Waals surface area contributed by atoms with Gasteiger partial charge in [-0.25, -0.2) is 13.1 Å². The van der Waals surface area contributed by atoms with E-state index in [1.54, 1.807) is 19.1 Å². The minimum Gasteiger partial charge on any atom is -0.360 e. The third-order valence-corrected chi connectivity index (χ3v) is 4.92. The Morgan fingerprint density at radius 2 is 1.83 bits per heavy atom. The lowest BCUT2D eigenvalue weighted by Crippen LogP contribution is -2.28. The Morgan fingerprint density at radius 3 is 2.39 bits per heavy atom. The molecule has 8 heteroatoms.